The highest BCUT2D eigenvalue weighted by Gasteiger charge is 2.21. The van der Waals surface area contributed by atoms with Gasteiger partial charge in [0.1, 0.15) is 0 Å². The van der Waals surface area contributed by atoms with E-state index in [9.17, 15) is 9.59 Å². The van der Waals surface area contributed by atoms with Crippen molar-refractivity contribution < 1.29 is 9.59 Å². The molecule has 1 aromatic heterocycles. The molecule has 3 rings (SSSR count). The van der Waals surface area contributed by atoms with E-state index >= 15 is 0 Å². The summed E-state index contributed by atoms with van der Waals surface area (Å²) in [6, 6.07) is 8.79. The molecule has 1 saturated heterocycles. The standard InChI is InChI=1S/C17H19N3O2/c18-15-6-9-20(10-7-15)17(22)13-3-1-12(2-4-13)16(21)14-5-8-19-11-14/h1-5,8,11,15,19H,6-7,9-10,18H2. The quantitative estimate of drug-likeness (QED) is 0.848. The molecule has 0 aliphatic carbocycles. The number of nitrogens with one attached hydrogen (secondary N) is 1. The van der Waals surface area contributed by atoms with Crippen LogP contribution in [-0.2, 0) is 0 Å². The lowest BCUT2D eigenvalue weighted by molar-refractivity contribution is 0.0714. The molecular formula is C17H19N3O2. The molecule has 2 heterocycles. The predicted octanol–water partition coefficient (Wildman–Crippen LogP) is 1.81. The van der Waals surface area contributed by atoms with Gasteiger partial charge in [-0.2, -0.15) is 0 Å². The molecule has 0 unspecified atom stereocenters. The van der Waals surface area contributed by atoms with Gasteiger partial charge in [0.15, 0.2) is 5.78 Å². The predicted molar refractivity (Wildman–Crippen MR) is 83.8 cm³/mol. The summed E-state index contributed by atoms with van der Waals surface area (Å²) in [5.41, 5.74) is 7.66. The van der Waals surface area contributed by atoms with Crippen LogP contribution in [0.5, 0.6) is 0 Å². The Morgan fingerprint density at radius 3 is 2.23 bits per heavy atom. The molecule has 1 aromatic carbocycles. The van der Waals surface area contributed by atoms with Crippen molar-refractivity contribution in [1.29, 1.82) is 0 Å². The SMILES string of the molecule is NC1CCN(C(=O)c2ccc(C(=O)c3cc[nH]c3)cc2)CC1. The van der Waals surface area contributed by atoms with E-state index in [1.54, 1.807) is 42.7 Å². The number of rotatable bonds is 3. The maximum absolute atomic E-state index is 12.4. The number of aromatic amines is 1. The van der Waals surface area contributed by atoms with E-state index in [4.69, 9.17) is 5.73 Å². The molecule has 3 N–H and O–H groups in total. The van der Waals surface area contributed by atoms with Crippen LogP contribution in [0.1, 0.15) is 39.1 Å². The zero-order chi connectivity index (χ0) is 15.5. The Labute approximate surface area is 129 Å². The zero-order valence-electron chi connectivity index (χ0n) is 12.3. The van der Waals surface area contributed by atoms with Gasteiger partial charge in [-0.05, 0) is 31.0 Å². The molecule has 1 aliphatic heterocycles. The van der Waals surface area contributed by atoms with Crippen LogP contribution < -0.4 is 5.73 Å². The monoisotopic (exact) mass is 297 g/mol. The van der Waals surface area contributed by atoms with Crippen molar-refractivity contribution in [3.63, 3.8) is 0 Å². The van der Waals surface area contributed by atoms with Crippen molar-refractivity contribution in [3.05, 3.63) is 59.4 Å². The summed E-state index contributed by atoms with van der Waals surface area (Å²) in [5.74, 6) is -0.0447. The van der Waals surface area contributed by atoms with Gasteiger partial charge in [0.05, 0.1) is 0 Å². The maximum atomic E-state index is 12.4. The highest BCUT2D eigenvalue weighted by molar-refractivity contribution is 6.09. The van der Waals surface area contributed by atoms with Gasteiger partial charge in [-0.1, -0.05) is 12.1 Å². The molecule has 0 saturated carbocycles. The van der Waals surface area contributed by atoms with Gasteiger partial charge in [0.25, 0.3) is 5.91 Å². The molecular weight excluding hydrogens is 278 g/mol. The summed E-state index contributed by atoms with van der Waals surface area (Å²) in [6.45, 7) is 1.40. The summed E-state index contributed by atoms with van der Waals surface area (Å²) in [6.07, 6.45) is 5.07. The number of H-pyrrole nitrogens is 1. The Bertz CT molecular complexity index is 654. The number of amides is 1. The molecule has 0 atom stereocenters. The molecule has 1 amide bonds. The van der Waals surface area contributed by atoms with Crippen LogP contribution in [0, 0.1) is 0 Å². The van der Waals surface area contributed by atoms with Gasteiger partial charge in [-0.25, -0.2) is 0 Å². The van der Waals surface area contributed by atoms with Gasteiger partial charge < -0.3 is 15.6 Å². The minimum absolute atomic E-state index is 0.00698. The van der Waals surface area contributed by atoms with E-state index < -0.39 is 0 Å². The summed E-state index contributed by atoms with van der Waals surface area (Å²) in [5, 5.41) is 0. The van der Waals surface area contributed by atoms with E-state index in [0.29, 0.717) is 29.8 Å². The Balaban J connectivity index is 1.71. The number of hydrogen-bond donors (Lipinski definition) is 2. The molecule has 5 nitrogen and oxygen atoms in total. The fourth-order valence-corrected chi connectivity index (χ4v) is 2.68. The molecule has 22 heavy (non-hydrogen) atoms. The Hall–Kier alpha value is -2.40. The van der Waals surface area contributed by atoms with Crippen molar-refractivity contribution in [2.45, 2.75) is 18.9 Å². The van der Waals surface area contributed by atoms with Crippen LogP contribution in [0.15, 0.2) is 42.7 Å². The molecule has 1 fully saturated rings. The van der Waals surface area contributed by atoms with Gasteiger partial charge in [0, 0.05) is 48.2 Å². The van der Waals surface area contributed by atoms with Crippen LogP contribution in [-0.4, -0.2) is 40.7 Å². The second-order valence-corrected chi connectivity index (χ2v) is 5.64. The average Bonchev–Trinajstić information content (AvgIpc) is 3.09. The largest absolute Gasteiger partial charge is 0.367 e. The fourth-order valence-electron chi connectivity index (χ4n) is 2.68. The molecule has 0 radical (unpaired) electrons. The lowest BCUT2D eigenvalue weighted by atomic mass is 10.0. The Morgan fingerprint density at radius 1 is 1.00 bits per heavy atom. The number of benzene rings is 1. The average molecular weight is 297 g/mol. The first-order chi connectivity index (χ1) is 10.6. The first-order valence-electron chi connectivity index (χ1n) is 7.47. The lowest BCUT2D eigenvalue weighted by Gasteiger charge is -2.30. The number of aromatic nitrogens is 1. The number of ketones is 1. The number of hydrogen-bond acceptors (Lipinski definition) is 3. The molecule has 5 heteroatoms. The van der Waals surface area contributed by atoms with E-state index in [0.717, 1.165) is 12.8 Å². The second-order valence-electron chi connectivity index (χ2n) is 5.64. The molecule has 0 spiro atoms. The number of nitrogens with zero attached hydrogens (tertiary/aromatic N) is 1. The first-order valence-corrected chi connectivity index (χ1v) is 7.47. The number of carbonyl (C=O) groups is 2. The van der Waals surface area contributed by atoms with Gasteiger partial charge in [0.2, 0.25) is 0 Å². The van der Waals surface area contributed by atoms with Gasteiger partial charge in [-0.15, -0.1) is 0 Å². The van der Waals surface area contributed by atoms with Crippen molar-refractivity contribution in [3.8, 4) is 0 Å². The lowest BCUT2D eigenvalue weighted by Crippen LogP contribution is -2.42. The van der Waals surface area contributed by atoms with E-state index in [1.807, 2.05) is 4.90 Å². The van der Waals surface area contributed by atoms with Crippen LogP contribution in [0.3, 0.4) is 0 Å². The van der Waals surface area contributed by atoms with E-state index in [1.165, 1.54) is 0 Å². The summed E-state index contributed by atoms with van der Waals surface area (Å²) in [4.78, 5) is 29.3. The minimum atomic E-state index is -0.0517. The second kappa shape index (κ2) is 6.15. The number of carbonyl (C=O) groups excluding carboxylic acids is 2. The normalized spacial score (nSPS) is 15.8. The molecule has 0 bridgehead atoms. The third kappa shape index (κ3) is 2.94. The third-order valence-corrected chi connectivity index (χ3v) is 4.08. The molecule has 114 valence electrons. The number of likely N-dealkylation sites (tertiary alicyclic amines) is 1. The van der Waals surface area contributed by atoms with Crippen LogP contribution in [0.25, 0.3) is 0 Å². The van der Waals surface area contributed by atoms with Crippen LogP contribution >= 0.6 is 0 Å². The highest BCUT2D eigenvalue weighted by Crippen LogP contribution is 2.15. The zero-order valence-corrected chi connectivity index (χ0v) is 12.3. The van der Waals surface area contributed by atoms with Crippen LogP contribution in [0.2, 0.25) is 0 Å². The van der Waals surface area contributed by atoms with Gasteiger partial charge >= 0.3 is 0 Å². The maximum Gasteiger partial charge on any atom is 0.253 e. The number of piperidine rings is 1. The highest BCUT2D eigenvalue weighted by atomic mass is 16.2. The smallest absolute Gasteiger partial charge is 0.253 e. The summed E-state index contributed by atoms with van der Waals surface area (Å²) >= 11 is 0. The Kier molecular flexibility index (Phi) is 4.06. The fraction of sp³-hybridized carbons (Fsp3) is 0.294. The third-order valence-electron chi connectivity index (χ3n) is 4.08. The first kappa shape index (κ1) is 14.5. The summed E-state index contributed by atoms with van der Waals surface area (Å²) < 4.78 is 0. The van der Waals surface area contributed by atoms with Gasteiger partial charge in [-0.3, -0.25) is 9.59 Å². The number of nitrogens with two attached hydrogens (primary N) is 1. The Morgan fingerprint density at radius 2 is 1.64 bits per heavy atom. The molecule has 2 aromatic rings. The van der Waals surface area contributed by atoms with Crippen molar-refractivity contribution in [1.82, 2.24) is 9.88 Å². The van der Waals surface area contributed by atoms with Crippen molar-refractivity contribution >= 4 is 11.7 Å². The van der Waals surface area contributed by atoms with Crippen LogP contribution in [0.4, 0.5) is 0 Å². The molecule has 1 aliphatic rings. The minimum Gasteiger partial charge on any atom is -0.367 e. The van der Waals surface area contributed by atoms with Crippen molar-refractivity contribution in [2.24, 2.45) is 5.73 Å². The van der Waals surface area contributed by atoms with E-state index in [2.05, 4.69) is 4.98 Å². The summed E-state index contributed by atoms with van der Waals surface area (Å²) in [7, 11) is 0. The van der Waals surface area contributed by atoms with E-state index in [-0.39, 0.29) is 17.7 Å². The van der Waals surface area contributed by atoms with Crippen molar-refractivity contribution in [2.75, 3.05) is 13.1 Å². The topological polar surface area (TPSA) is 79.2 Å².